The minimum Gasteiger partial charge on any atom is -0.237 e. The van der Waals surface area contributed by atoms with Crippen LogP contribution in [-0.2, 0) is 10.8 Å². The third kappa shape index (κ3) is 2.15. The van der Waals surface area contributed by atoms with Crippen LogP contribution in [-0.4, -0.2) is 9.97 Å². The average Bonchev–Trinajstić information content (AvgIpc) is 2.82. The van der Waals surface area contributed by atoms with Crippen molar-refractivity contribution in [2.24, 2.45) is 0 Å². The van der Waals surface area contributed by atoms with Gasteiger partial charge in [-0.2, -0.15) is 0 Å². The van der Waals surface area contributed by atoms with Crippen LogP contribution in [0.5, 0.6) is 0 Å². The Labute approximate surface area is 96.1 Å². The SMILES string of the molecule is CC(C)(C)c1cc(Cl)nc(C2(C)CC2)n1. The molecule has 1 heterocycles. The number of aromatic nitrogens is 2. The molecule has 0 N–H and O–H groups in total. The standard InChI is InChI=1S/C12H17ClN2/c1-11(2,3)8-7-9(13)15-10(14-8)12(4)5-6-12/h7H,5-6H2,1-4H3. The Bertz CT molecular complexity index is 366. The summed E-state index contributed by atoms with van der Waals surface area (Å²) in [6.45, 7) is 8.63. The van der Waals surface area contributed by atoms with E-state index in [1.165, 1.54) is 12.8 Å². The summed E-state index contributed by atoms with van der Waals surface area (Å²) in [7, 11) is 0. The van der Waals surface area contributed by atoms with Crippen LogP contribution in [0.2, 0.25) is 5.15 Å². The summed E-state index contributed by atoms with van der Waals surface area (Å²) in [6, 6.07) is 1.87. The molecule has 0 bridgehead atoms. The highest BCUT2D eigenvalue weighted by atomic mass is 35.5. The molecule has 0 atom stereocenters. The van der Waals surface area contributed by atoms with Gasteiger partial charge in [0.25, 0.3) is 0 Å². The molecule has 0 unspecified atom stereocenters. The smallest absolute Gasteiger partial charge is 0.136 e. The molecule has 82 valence electrons. The van der Waals surface area contributed by atoms with Crippen molar-refractivity contribution < 1.29 is 0 Å². The van der Waals surface area contributed by atoms with Gasteiger partial charge in [0.2, 0.25) is 0 Å². The zero-order valence-electron chi connectivity index (χ0n) is 9.76. The molecule has 1 aromatic rings. The van der Waals surface area contributed by atoms with Gasteiger partial charge in [0.15, 0.2) is 0 Å². The van der Waals surface area contributed by atoms with E-state index in [4.69, 9.17) is 11.6 Å². The predicted octanol–water partition coefficient (Wildman–Crippen LogP) is 3.48. The van der Waals surface area contributed by atoms with Gasteiger partial charge in [-0.05, 0) is 18.9 Å². The molecule has 15 heavy (non-hydrogen) atoms. The van der Waals surface area contributed by atoms with E-state index >= 15 is 0 Å². The van der Waals surface area contributed by atoms with Crippen molar-refractivity contribution in [1.29, 1.82) is 0 Å². The highest BCUT2D eigenvalue weighted by molar-refractivity contribution is 6.29. The van der Waals surface area contributed by atoms with E-state index in [-0.39, 0.29) is 10.8 Å². The first kappa shape index (κ1) is 10.9. The van der Waals surface area contributed by atoms with Gasteiger partial charge in [-0.1, -0.05) is 39.3 Å². The van der Waals surface area contributed by atoms with Gasteiger partial charge in [0, 0.05) is 10.8 Å². The van der Waals surface area contributed by atoms with E-state index in [0.29, 0.717) is 5.15 Å². The second-order valence-corrected chi connectivity index (χ2v) is 6.10. The lowest BCUT2D eigenvalue weighted by atomic mass is 9.92. The van der Waals surface area contributed by atoms with Crippen LogP contribution in [0.3, 0.4) is 0 Å². The molecule has 0 saturated heterocycles. The first-order valence-electron chi connectivity index (χ1n) is 5.37. The molecule has 3 heteroatoms. The maximum absolute atomic E-state index is 6.04. The van der Waals surface area contributed by atoms with E-state index in [9.17, 15) is 0 Å². The van der Waals surface area contributed by atoms with E-state index in [1.807, 2.05) is 6.07 Å². The second-order valence-electron chi connectivity index (χ2n) is 5.71. The molecule has 0 spiro atoms. The minimum atomic E-state index is 0.0343. The molecule has 2 rings (SSSR count). The summed E-state index contributed by atoms with van der Waals surface area (Å²) in [5.74, 6) is 0.917. The Hall–Kier alpha value is -0.630. The summed E-state index contributed by atoms with van der Waals surface area (Å²) in [6.07, 6.45) is 2.36. The lowest BCUT2D eigenvalue weighted by Gasteiger charge is -2.19. The molecule has 1 aliphatic carbocycles. The monoisotopic (exact) mass is 224 g/mol. The molecule has 2 nitrogen and oxygen atoms in total. The van der Waals surface area contributed by atoms with Crippen LogP contribution in [0.25, 0.3) is 0 Å². The van der Waals surface area contributed by atoms with Crippen molar-refractivity contribution in [2.75, 3.05) is 0 Å². The van der Waals surface area contributed by atoms with Crippen LogP contribution in [0.15, 0.2) is 6.07 Å². The molecule has 1 saturated carbocycles. The van der Waals surface area contributed by atoms with Crippen molar-refractivity contribution in [2.45, 2.75) is 51.4 Å². The van der Waals surface area contributed by atoms with E-state index in [2.05, 4.69) is 37.7 Å². The summed E-state index contributed by atoms with van der Waals surface area (Å²) in [5.41, 5.74) is 1.25. The molecule has 0 aliphatic heterocycles. The Balaban J connectivity index is 2.46. The van der Waals surface area contributed by atoms with Gasteiger partial charge in [0.1, 0.15) is 11.0 Å². The Kier molecular flexibility index (Phi) is 2.30. The predicted molar refractivity (Wildman–Crippen MR) is 62.3 cm³/mol. The van der Waals surface area contributed by atoms with E-state index < -0.39 is 0 Å². The van der Waals surface area contributed by atoms with Crippen molar-refractivity contribution >= 4 is 11.6 Å². The van der Waals surface area contributed by atoms with Crippen molar-refractivity contribution in [3.8, 4) is 0 Å². The van der Waals surface area contributed by atoms with Crippen LogP contribution < -0.4 is 0 Å². The maximum atomic E-state index is 6.04. The zero-order chi connectivity index (χ0) is 11.3. The van der Waals surface area contributed by atoms with Gasteiger partial charge in [-0.25, -0.2) is 9.97 Å². The Morgan fingerprint density at radius 2 is 1.87 bits per heavy atom. The van der Waals surface area contributed by atoms with Crippen molar-refractivity contribution in [1.82, 2.24) is 9.97 Å². The van der Waals surface area contributed by atoms with Crippen LogP contribution in [0.4, 0.5) is 0 Å². The minimum absolute atomic E-state index is 0.0343. The van der Waals surface area contributed by atoms with Crippen molar-refractivity contribution in [3.05, 3.63) is 22.7 Å². The molecular weight excluding hydrogens is 208 g/mol. The average molecular weight is 225 g/mol. The molecule has 1 aliphatic rings. The third-order valence-electron chi connectivity index (χ3n) is 3.00. The largest absolute Gasteiger partial charge is 0.237 e. The number of hydrogen-bond acceptors (Lipinski definition) is 2. The molecule has 0 radical (unpaired) electrons. The fourth-order valence-corrected chi connectivity index (χ4v) is 1.67. The van der Waals surface area contributed by atoms with E-state index in [1.54, 1.807) is 0 Å². The quantitative estimate of drug-likeness (QED) is 0.683. The van der Waals surface area contributed by atoms with Crippen molar-refractivity contribution in [3.63, 3.8) is 0 Å². The van der Waals surface area contributed by atoms with Gasteiger partial charge in [-0.15, -0.1) is 0 Å². The first-order chi connectivity index (χ1) is 6.81. The summed E-state index contributed by atoms with van der Waals surface area (Å²) in [5, 5.41) is 0.568. The number of nitrogens with zero attached hydrogens (tertiary/aromatic N) is 2. The summed E-state index contributed by atoms with van der Waals surface area (Å²) in [4.78, 5) is 8.98. The summed E-state index contributed by atoms with van der Waals surface area (Å²) >= 11 is 6.04. The van der Waals surface area contributed by atoms with Crippen LogP contribution in [0, 0.1) is 0 Å². The van der Waals surface area contributed by atoms with Gasteiger partial charge < -0.3 is 0 Å². The first-order valence-corrected chi connectivity index (χ1v) is 5.75. The topological polar surface area (TPSA) is 25.8 Å². The maximum Gasteiger partial charge on any atom is 0.136 e. The Morgan fingerprint density at radius 1 is 1.27 bits per heavy atom. The highest BCUT2D eigenvalue weighted by Crippen LogP contribution is 2.46. The molecule has 1 aromatic heterocycles. The molecule has 0 amide bonds. The Morgan fingerprint density at radius 3 is 2.33 bits per heavy atom. The normalized spacial score (nSPS) is 19.0. The molecular formula is C12H17ClN2. The third-order valence-corrected chi connectivity index (χ3v) is 3.20. The van der Waals surface area contributed by atoms with Crippen LogP contribution >= 0.6 is 11.6 Å². The van der Waals surface area contributed by atoms with Gasteiger partial charge in [0.05, 0.1) is 5.69 Å². The lowest BCUT2D eigenvalue weighted by molar-refractivity contribution is 0.554. The molecule has 0 aromatic carbocycles. The fraction of sp³-hybridized carbons (Fsp3) is 0.667. The van der Waals surface area contributed by atoms with Gasteiger partial charge in [-0.3, -0.25) is 0 Å². The second kappa shape index (κ2) is 3.18. The number of halogens is 1. The molecule has 1 fully saturated rings. The van der Waals surface area contributed by atoms with Crippen LogP contribution in [0.1, 0.15) is 52.1 Å². The van der Waals surface area contributed by atoms with E-state index in [0.717, 1.165) is 11.5 Å². The number of hydrogen-bond donors (Lipinski definition) is 0. The summed E-state index contributed by atoms with van der Waals surface area (Å²) < 4.78 is 0. The number of rotatable bonds is 1. The highest BCUT2D eigenvalue weighted by Gasteiger charge is 2.42. The zero-order valence-corrected chi connectivity index (χ0v) is 10.5. The fourth-order valence-electron chi connectivity index (χ4n) is 1.48. The van der Waals surface area contributed by atoms with Gasteiger partial charge >= 0.3 is 0 Å². The lowest BCUT2D eigenvalue weighted by Crippen LogP contribution is -2.18.